The summed E-state index contributed by atoms with van der Waals surface area (Å²) >= 11 is 6.16. The van der Waals surface area contributed by atoms with Gasteiger partial charge < -0.3 is 14.8 Å². The lowest BCUT2D eigenvalue weighted by molar-refractivity contribution is 0.326. The maximum Gasteiger partial charge on any atom is 0.180 e. The van der Waals surface area contributed by atoms with Gasteiger partial charge in [0.2, 0.25) is 0 Å². The summed E-state index contributed by atoms with van der Waals surface area (Å²) in [6.45, 7) is 7.73. The molecule has 0 aliphatic heterocycles. The van der Waals surface area contributed by atoms with Crippen LogP contribution in [0.5, 0.6) is 11.5 Å². The molecule has 0 fully saturated rings. The standard InChI is InChI=1S/C13H18ClNO2/c1-4-6-17-13-11(14)7-10(9-15-5-2)8-12(13)16-3/h4,7-8,15H,1,5-6,9H2,2-3H3. The van der Waals surface area contributed by atoms with Crippen LogP contribution in [0.2, 0.25) is 5.02 Å². The lowest BCUT2D eigenvalue weighted by Gasteiger charge is -2.13. The van der Waals surface area contributed by atoms with Gasteiger partial charge in [0.15, 0.2) is 11.5 Å². The Labute approximate surface area is 107 Å². The van der Waals surface area contributed by atoms with Gasteiger partial charge in [-0.2, -0.15) is 0 Å². The third kappa shape index (κ3) is 3.95. The third-order valence-corrected chi connectivity index (χ3v) is 2.49. The predicted octanol–water partition coefficient (Wildman–Crippen LogP) is 3.02. The highest BCUT2D eigenvalue weighted by molar-refractivity contribution is 6.32. The lowest BCUT2D eigenvalue weighted by atomic mass is 10.2. The summed E-state index contributed by atoms with van der Waals surface area (Å²) in [7, 11) is 1.60. The highest BCUT2D eigenvalue weighted by Gasteiger charge is 2.11. The Hall–Kier alpha value is -1.19. The van der Waals surface area contributed by atoms with Crippen molar-refractivity contribution in [3.63, 3.8) is 0 Å². The number of hydrogen-bond donors (Lipinski definition) is 1. The molecule has 1 aromatic rings. The van der Waals surface area contributed by atoms with Crippen molar-refractivity contribution in [2.24, 2.45) is 0 Å². The van der Waals surface area contributed by atoms with E-state index in [2.05, 4.69) is 18.8 Å². The first kappa shape index (κ1) is 13.9. The molecule has 3 nitrogen and oxygen atoms in total. The largest absolute Gasteiger partial charge is 0.493 e. The molecular weight excluding hydrogens is 238 g/mol. The first-order valence-corrected chi connectivity index (χ1v) is 5.91. The molecule has 0 radical (unpaired) electrons. The summed E-state index contributed by atoms with van der Waals surface area (Å²) in [5.74, 6) is 1.21. The molecule has 1 N–H and O–H groups in total. The molecule has 0 amide bonds. The highest BCUT2D eigenvalue weighted by atomic mass is 35.5. The Balaban J connectivity index is 2.94. The van der Waals surface area contributed by atoms with E-state index in [1.807, 2.05) is 12.1 Å². The smallest absolute Gasteiger partial charge is 0.180 e. The molecule has 94 valence electrons. The number of rotatable bonds is 7. The molecule has 0 heterocycles. The number of nitrogens with one attached hydrogen (secondary N) is 1. The van der Waals surface area contributed by atoms with Gasteiger partial charge in [0.1, 0.15) is 6.61 Å². The van der Waals surface area contributed by atoms with Crippen LogP contribution < -0.4 is 14.8 Å². The Morgan fingerprint density at radius 3 is 2.82 bits per heavy atom. The second kappa shape index (κ2) is 7.20. The fourth-order valence-corrected chi connectivity index (χ4v) is 1.71. The van der Waals surface area contributed by atoms with E-state index in [1.165, 1.54) is 0 Å². The maximum atomic E-state index is 6.16. The normalized spacial score (nSPS) is 10.1. The SMILES string of the molecule is C=CCOc1c(Cl)cc(CNCC)cc1OC. The number of methoxy groups -OCH3 is 1. The molecule has 17 heavy (non-hydrogen) atoms. The molecule has 0 saturated carbocycles. The topological polar surface area (TPSA) is 30.5 Å². The molecule has 1 rings (SSSR count). The van der Waals surface area contributed by atoms with E-state index in [4.69, 9.17) is 21.1 Å². The first-order valence-electron chi connectivity index (χ1n) is 5.53. The Kier molecular flexibility index (Phi) is 5.87. The quantitative estimate of drug-likeness (QED) is 0.760. The fourth-order valence-electron chi connectivity index (χ4n) is 1.43. The van der Waals surface area contributed by atoms with Crippen molar-refractivity contribution < 1.29 is 9.47 Å². The van der Waals surface area contributed by atoms with E-state index in [1.54, 1.807) is 13.2 Å². The number of benzene rings is 1. The summed E-state index contributed by atoms with van der Waals surface area (Å²) in [5.41, 5.74) is 1.07. The summed E-state index contributed by atoms with van der Waals surface area (Å²) < 4.78 is 10.7. The average Bonchev–Trinajstić information content (AvgIpc) is 2.34. The van der Waals surface area contributed by atoms with Gasteiger partial charge in [0.05, 0.1) is 12.1 Å². The average molecular weight is 256 g/mol. The minimum Gasteiger partial charge on any atom is -0.493 e. The van der Waals surface area contributed by atoms with Crippen molar-refractivity contribution in [3.05, 3.63) is 35.4 Å². The van der Waals surface area contributed by atoms with Gasteiger partial charge in [-0.25, -0.2) is 0 Å². The molecule has 0 aliphatic rings. The molecule has 0 spiro atoms. The maximum absolute atomic E-state index is 6.16. The van der Waals surface area contributed by atoms with Crippen molar-refractivity contribution >= 4 is 11.6 Å². The number of ether oxygens (including phenoxy) is 2. The van der Waals surface area contributed by atoms with E-state index < -0.39 is 0 Å². The van der Waals surface area contributed by atoms with Crippen LogP contribution in [0, 0.1) is 0 Å². The highest BCUT2D eigenvalue weighted by Crippen LogP contribution is 2.36. The zero-order valence-corrected chi connectivity index (χ0v) is 11.0. The fraction of sp³-hybridized carbons (Fsp3) is 0.385. The van der Waals surface area contributed by atoms with E-state index in [-0.39, 0.29) is 0 Å². The van der Waals surface area contributed by atoms with Crippen LogP contribution in [0.15, 0.2) is 24.8 Å². The van der Waals surface area contributed by atoms with Crippen molar-refractivity contribution in [2.75, 3.05) is 20.3 Å². The monoisotopic (exact) mass is 255 g/mol. The van der Waals surface area contributed by atoms with Crippen LogP contribution in [-0.2, 0) is 6.54 Å². The van der Waals surface area contributed by atoms with Gasteiger partial charge in [-0.1, -0.05) is 31.2 Å². The first-order chi connectivity index (χ1) is 8.22. The van der Waals surface area contributed by atoms with E-state index in [9.17, 15) is 0 Å². The molecule has 0 atom stereocenters. The molecular formula is C13H18ClNO2. The minimum atomic E-state index is 0.405. The minimum absolute atomic E-state index is 0.405. The molecule has 0 bridgehead atoms. The van der Waals surface area contributed by atoms with Crippen molar-refractivity contribution in [1.82, 2.24) is 5.32 Å². The van der Waals surface area contributed by atoms with Crippen LogP contribution in [0.3, 0.4) is 0 Å². The Morgan fingerprint density at radius 2 is 2.24 bits per heavy atom. The second-order valence-corrected chi connectivity index (χ2v) is 3.90. The van der Waals surface area contributed by atoms with E-state index >= 15 is 0 Å². The summed E-state index contributed by atoms with van der Waals surface area (Å²) in [4.78, 5) is 0. The van der Waals surface area contributed by atoms with Crippen molar-refractivity contribution in [2.45, 2.75) is 13.5 Å². The van der Waals surface area contributed by atoms with Gasteiger partial charge in [-0.05, 0) is 24.2 Å². The molecule has 4 heteroatoms. The van der Waals surface area contributed by atoms with Gasteiger partial charge >= 0.3 is 0 Å². The second-order valence-electron chi connectivity index (χ2n) is 3.49. The van der Waals surface area contributed by atoms with Crippen LogP contribution in [0.1, 0.15) is 12.5 Å². The molecule has 0 aromatic heterocycles. The molecule has 0 saturated heterocycles. The Morgan fingerprint density at radius 1 is 1.47 bits per heavy atom. The Bertz CT molecular complexity index is 380. The molecule has 1 aromatic carbocycles. The number of hydrogen-bond acceptors (Lipinski definition) is 3. The van der Waals surface area contributed by atoms with Crippen LogP contribution in [0.4, 0.5) is 0 Å². The predicted molar refractivity (Wildman–Crippen MR) is 71.1 cm³/mol. The zero-order chi connectivity index (χ0) is 12.7. The van der Waals surface area contributed by atoms with Crippen LogP contribution >= 0.6 is 11.6 Å². The van der Waals surface area contributed by atoms with E-state index in [0.717, 1.165) is 18.7 Å². The van der Waals surface area contributed by atoms with E-state index in [0.29, 0.717) is 23.1 Å². The number of halogens is 1. The van der Waals surface area contributed by atoms with Crippen LogP contribution in [0.25, 0.3) is 0 Å². The molecule has 0 unspecified atom stereocenters. The zero-order valence-electron chi connectivity index (χ0n) is 10.3. The van der Waals surface area contributed by atoms with Gasteiger partial charge in [-0.15, -0.1) is 0 Å². The third-order valence-electron chi connectivity index (χ3n) is 2.21. The van der Waals surface area contributed by atoms with Crippen molar-refractivity contribution in [3.8, 4) is 11.5 Å². The van der Waals surface area contributed by atoms with Gasteiger partial charge in [-0.3, -0.25) is 0 Å². The summed E-state index contributed by atoms with van der Waals surface area (Å²) in [5, 5.41) is 3.79. The lowest BCUT2D eigenvalue weighted by Crippen LogP contribution is -2.12. The van der Waals surface area contributed by atoms with Gasteiger partial charge in [0.25, 0.3) is 0 Å². The van der Waals surface area contributed by atoms with Crippen molar-refractivity contribution in [1.29, 1.82) is 0 Å². The summed E-state index contributed by atoms with van der Waals surface area (Å²) in [6.07, 6.45) is 1.67. The summed E-state index contributed by atoms with van der Waals surface area (Å²) in [6, 6.07) is 3.80. The van der Waals surface area contributed by atoms with Crippen LogP contribution in [-0.4, -0.2) is 20.3 Å². The van der Waals surface area contributed by atoms with Gasteiger partial charge in [0, 0.05) is 6.54 Å². The molecule has 0 aliphatic carbocycles.